The predicted molar refractivity (Wildman–Crippen MR) is 86.4 cm³/mol. The minimum absolute atomic E-state index is 0.267. The van der Waals surface area contributed by atoms with Crippen molar-refractivity contribution in [3.63, 3.8) is 0 Å². The molecular formula is C17H29NO2. The second-order valence-corrected chi connectivity index (χ2v) is 5.84. The molecule has 0 aliphatic carbocycles. The Hall–Kier alpha value is -1.38. The van der Waals surface area contributed by atoms with E-state index in [9.17, 15) is 10.1 Å². The van der Waals surface area contributed by atoms with Crippen molar-refractivity contribution in [2.24, 2.45) is 5.92 Å². The molecule has 0 aliphatic rings. The Balaban J connectivity index is 3.97. The van der Waals surface area contributed by atoms with Crippen molar-refractivity contribution < 1.29 is 4.92 Å². The van der Waals surface area contributed by atoms with Crippen molar-refractivity contribution in [3.05, 3.63) is 45.6 Å². The molecule has 0 aromatic carbocycles. The van der Waals surface area contributed by atoms with Gasteiger partial charge in [0.1, 0.15) is 0 Å². The quantitative estimate of drug-likeness (QED) is 0.326. The fraction of sp³-hybridized carbons (Fsp3) is 0.647. The lowest BCUT2D eigenvalue weighted by molar-refractivity contribution is -0.504. The second-order valence-electron chi connectivity index (χ2n) is 5.84. The molecule has 2 atom stereocenters. The first-order chi connectivity index (χ1) is 9.32. The standard InChI is InChI=1S/C17H29NO2/c1-14(2)8-6-9-15(3)10-7-11-16(4)12-13-17(5)18(19)20/h8,10,12-13,16-17H,6-7,9,11H2,1-5H3. The summed E-state index contributed by atoms with van der Waals surface area (Å²) in [6.07, 6.45) is 12.5. The average molecular weight is 279 g/mol. The van der Waals surface area contributed by atoms with E-state index >= 15 is 0 Å². The van der Waals surface area contributed by atoms with Gasteiger partial charge in [-0.15, -0.1) is 0 Å². The van der Waals surface area contributed by atoms with Gasteiger partial charge in [-0.1, -0.05) is 36.3 Å². The van der Waals surface area contributed by atoms with Gasteiger partial charge in [-0.2, -0.15) is 0 Å². The van der Waals surface area contributed by atoms with Crippen molar-refractivity contribution >= 4 is 0 Å². The molecule has 0 amide bonds. The highest BCUT2D eigenvalue weighted by Crippen LogP contribution is 2.13. The first-order valence-corrected chi connectivity index (χ1v) is 7.43. The van der Waals surface area contributed by atoms with Gasteiger partial charge in [0.05, 0.1) is 0 Å². The lowest BCUT2D eigenvalue weighted by atomic mass is 10.0. The number of hydrogen-bond donors (Lipinski definition) is 0. The molecular weight excluding hydrogens is 250 g/mol. The summed E-state index contributed by atoms with van der Waals surface area (Å²) in [5.41, 5.74) is 2.80. The summed E-state index contributed by atoms with van der Waals surface area (Å²) in [6.45, 7) is 10.1. The summed E-state index contributed by atoms with van der Waals surface area (Å²) in [5.74, 6) is 0.388. The van der Waals surface area contributed by atoms with E-state index in [1.807, 2.05) is 6.08 Å². The zero-order valence-corrected chi connectivity index (χ0v) is 13.6. The van der Waals surface area contributed by atoms with Crippen molar-refractivity contribution in [2.45, 2.75) is 66.3 Å². The van der Waals surface area contributed by atoms with Crippen LogP contribution in [0.2, 0.25) is 0 Å². The molecule has 114 valence electrons. The minimum atomic E-state index is -0.584. The molecule has 3 heteroatoms. The van der Waals surface area contributed by atoms with E-state index in [1.54, 1.807) is 13.0 Å². The van der Waals surface area contributed by atoms with Gasteiger partial charge in [0.25, 0.3) is 0 Å². The lowest BCUT2D eigenvalue weighted by Gasteiger charge is -2.05. The number of rotatable bonds is 9. The van der Waals surface area contributed by atoms with Crippen LogP contribution in [0.25, 0.3) is 0 Å². The summed E-state index contributed by atoms with van der Waals surface area (Å²) in [4.78, 5) is 10.2. The molecule has 0 bridgehead atoms. The van der Waals surface area contributed by atoms with Gasteiger partial charge in [-0.05, 0) is 58.4 Å². The maximum atomic E-state index is 10.5. The Kier molecular flexibility index (Phi) is 9.69. The molecule has 0 rings (SSSR count). The van der Waals surface area contributed by atoms with Crippen molar-refractivity contribution in [2.75, 3.05) is 0 Å². The zero-order chi connectivity index (χ0) is 15.5. The van der Waals surface area contributed by atoms with Crippen LogP contribution < -0.4 is 0 Å². The highest BCUT2D eigenvalue weighted by molar-refractivity contribution is 5.02. The largest absolute Gasteiger partial charge is 0.264 e. The van der Waals surface area contributed by atoms with Crippen molar-refractivity contribution in [1.29, 1.82) is 0 Å². The van der Waals surface area contributed by atoms with E-state index in [-0.39, 0.29) is 4.92 Å². The predicted octanol–water partition coefficient (Wildman–Crippen LogP) is 5.32. The van der Waals surface area contributed by atoms with Crippen LogP contribution in [-0.2, 0) is 0 Å². The highest BCUT2D eigenvalue weighted by Gasteiger charge is 2.07. The number of hydrogen-bond acceptors (Lipinski definition) is 2. The summed E-state index contributed by atoms with van der Waals surface area (Å²) >= 11 is 0. The lowest BCUT2D eigenvalue weighted by Crippen LogP contribution is -2.11. The highest BCUT2D eigenvalue weighted by atomic mass is 16.6. The van der Waals surface area contributed by atoms with E-state index < -0.39 is 6.04 Å². The Labute approximate surface area is 123 Å². The van der Waals surface area contributed by atoms with Crippen LogP contribution in [0.4, 0.5) is 0 Å². The third kappa shape index (κ3) is 10.5. The Morgan fingerprint density at radius 3 is 2.30 bits per heavy atom. The summed E-state index contributed by atoms with van der Waals surface area (Å²) < 4.78 is 0. The van der Waals surface area contributed by atoms with Gasteiger partial charge in [0, 0.05) is 11.8 Å². The third-order valence-corrected chi connectivity index (χ3v) is 3.26. The van der Waals surface area contributed by atoms with Crippen LogP contribution in [0.1, 0.15) is 60.3 Å². The van der Waals surface area contributed by atoms with E-state index in [4.69, 9.17) is 0 Å². The van der Waals surface area contributed by atoms with Crippen LogP contribution in [0.5, 0.6) is 0 Å². The summed E-state index contributed by atoms with van der Waals surface area (Å²) in [7, 11) is 0. The molecule has 20 heavy (non-hydrogen) atoms. The molecule has 0 N–H and O–H groups in total. The van der Waals surface area contributed by atoms with Gasteiger partial charge >= 0.3 is 0 Å². The van der Waals surface area contributed by atoms with E-state index in [1.165, 1.54) is 11.1 Å². The topological polar surface area (TPSA) is 43.1 Å². The Morgan fingerprint density at radius 2 is 1.75 bits per heavy atom. The van der Waals surface area contributed by atoms with Crippen LogP contribution >= 0.6 is 0 Å². The fourth-order valence-electron chi connectivity index (χ4n) is 1.80. The number of nitrogens with zero attached hydrogens (tertiary/aromatic N) is 1. The van der Waals surface area contributed by atoms with E-state index in [0.717, 1.165) is 25.7 Å². The van der Waals surface area contributed by atoms with Gasteiger partial charge in [-0.3, -0.25) is 10.1 Å². The number of nitro groups is 1. The van der Waals surface area contributed by atoms with Crippen LogP contribution in [0.15, 0.2) is 35.5 Å². The Morgan fingerprint density at radius 1 is 1.10 bits per heavy atom. The normalized spacial score (nSPS) is 15.2. The van der Waals surface area contributed by atoms with Gasteiger partial charge in [0.15, 0.2) is 0 Å². The SMILES string of the molecule is CC(C)=CCCC(C)=CCCC(C)C=CC(C)[N+](=O)[O-]. The van der Waals surface area contributed by atoms with E-state index in [0.29, 0.717) is 5.92 Å². The van der Waals surface area contributed by atoms with Crippen LogP contribution in [0.3, 0.4) is 0 Å². The molecule has 0 heterocycles. The van der Waals surface area contributed by atoms with Crippen LogP contribution in [-0.4, -0.2) is 11.0 Å². The van der Waals surface area contributed by atoms with Gasteiger partial charge in [-0.25, -0.2) is 0 Å². The zero-order valence-electron chi connectivity index (χ0n) is 13.6. The summed E-state index contributed by atoms with van der Waals surface area (Å²) in [6, 6.07) is -0.584. The molecule has 2 unspecified atom stereocenters. The fourth-order valence-corrected chi connectivity index (χ4v) is 1.80. The van der Waals surface area contributed by atoms with E-state index in [2.05, 4.69) is 39.8 Å². The van der Waals surface area contributed by atoms with Crippen molar-refractivity contribution in [1.82, 2.24) is 0 Å². The molecule has 0 saturated heterocycles. The maximum Gasteiger partial charge on any atom is 0.228 e. The van der Waals surface area contributed by atoms with Crippen molar-refractivity contribution in [3.8, 4) is 0 Å². The first kappa shape index (κ1) is 18.6. The molecule has 0 fully saturated rings. The molecule has 0 aromatic rings. The first-order valence-electron chi connectivity index (χ1n) is 7.43. The monoisotopic (exact) mass is 279 g/mol. The van der Waals surface area contributed by atoms with Gasteiger partial charge in [0.2, 0.25) is 6.04 Å². The molecule has 0 radical (unpaired) electrons. The molecule has 3 nitrogen and oxygen atoms in total. The minimum Gasteiger partial charge on any atom is -0.264 e. The summed E-state index contributed by atoms with van der Waals surface area (Å²) in [5, 5.41) is 10.5. The smallest absolute Gasteiger partial charge is 0.228 e. The van der Waals surface area contributed by atoms with Crippen LogP contribution in [0, 0.1) is 16.0 Å². The molecule has 0 spiro atoms. The second kappa shape index (κ2) is 10.4. The third-order valence-electron chi connectivity index (χ3n) is 3.26. The average Bonchev–Trinajstić information content (AvgIpc) is 2.35. The molecule has 0 aliphatic heterocycles. The van der Waals surface area contributed by atoms with Gasteiger partial charge < -0.3 is 0 Å². The Bertz CT molecular complexity index is 376. The maximum absolute atomic E-state index is 10.5. The molecule has 0 saturated carbocycles. The molecule has 0 aromatic heterocycles. The number of allylic oxidation sites excluding steroid dienone is 5.